The van der Waals surface area contributed by atoms with Crippen LogP contribution in [0.2, 0.25) is 0 Å². The van der Waals surface area contributed by atoms with Crippen molar-refractivity contribution in [3.05, 3.63) is 0 Å². The van der Waals surface area contributed by atoms with E-state index in [1.54, 1.807) is 0 Å². The normalized spacial score (nSPS) is 15.6. The van der Waals surface area contributed by atoms with Gasteiger partial charge in [0.2, 0.25) is 5.91 Å². The van der Waals surface area contributed by atoms with Gasteiger partial charge in [0.25, 0.3) is 0 Å². The molecule has 0 fully saturated rings. The lowest BCUT2D eigenvalue weighted by molar-refractivity contribution is -0.122. The number of hydrogen-bond acceptors (Lipinski definition) is 2. The van der Waals surface area contributed by atoms with Crippen LogP contribution < -0.4 is 11.1 Å². The van der Waals surface area contributed by atoms with Crippen LogP contribution in [0.5, 0.6) is 0 Å². The maximum atomic E-state index is 11.9. The Kier molecular flexibility index (Phi) is 7.53. The van der Waals surface area contributed by atoms with Crippen molar-refractivity contribution in [2.24, 2.45) is 28.9 Å². The molecule has 0 aromatic carbocycles. The molecule has 3 N–H and O–H groups in total. The summed E-state index contributed by atoms with van der Waals surface area (Å²) >= 11 is 0. The summed E-state index contributed by atoms with van der Waals surface area (Å²) in [5.74, 6) is 1.53. The lowest BCUT2D eigenvalue weighted by Crippen LogP contribution is -2.35. The van der Waals surface area contributed by atoms with Gasteiger partial charge in [0.05, 0.1) is 0 Å². The van der Waals surface area contributed by atoms with Gasteiger partial charge in [-0.1, -0.05) is 41.5 Å². The third-order valence-electron chi connectivity index (χ3n) is 3.70. The number of nitrogens with one attached hydrogen (secondary N) is 1. The first-order chi connectivity index (χ1) is 8.16. The fraction of sp³-hybridized carbons (Fsp3) is 0.933. The molecule has 0 rings (SSSR count). The molecule has 18 heavy (non-hydrogen) atoms. The largest absolute Gasteiger partial charge is 0.356 e. The quantitative estimate of drug-likeness (QED) is 0.736. The summed E-state index contributed by atoms with van der Waals surface area (Å²) in [4.78, 5) is 11.9. The predicted octanol–water partition coefficient (Wildman–Crippen LogP) is 2.80. The van der Waals surface area contributed by atoms with Gasteiger partial charge in [-0.05, 0) is 36.1 Å². The van der Waals surface area contributed by atoms with Crippen molar-refractivity contribution in [3.8, 4) is 0 Å². The molecule has 0 aromatic heterocycles. The highest BCUT2D eigenvalue weighted by atomic mass is 16.1. The Labute approximate surface area is 113 Å². The molecular formula is C15H32N2O. The minimum absolute atomic E-state index is 0.141. The van der Waals surface area contributed by atoms with E-state index in [-0.39, 0.29) is 11.3 Å². The molecule has 0 saturated carbocycles. The molecule has 3 nitrogen and oxygen atoms in total. The molecule has 2 unspecified atom stereocenters. The summed E-state index contributed by atoms with van der Waals surface area (Å²) in [7, 11) is 0. The summed E-state index contributed by atoms with van der Waals surface area (Å²) in [6.45, 7) is 14.5. The topological polar surface area (TPSA) is 55.1 Å². The first kappa shape index (κ1) is 17.4. The second-order valence-corrected chi connectivity index (χ2v) is 7.01. The molecule has 0 saturated heterocycles. The number of amides is 1. The predicted molar refractivity (Wildman–Crippen MR) is 78.2 cm³/mol. The molecule has 0 heterocycles. The molecule has 108 valence electrons. The number of hydrogen-bond donors (Lipinski definition) is 2. The van der Waals surface area contributed by atoms with E-state index in [1.807, 2.05) is 0 Å². The molecule has 1 amide bonds. The molecule has 0 aliphatic heterocycles. The third-order valence-corrected chi connectivity index (χ3v) is 3.70. The Hall–Kier alpha value is -0.570. The lowest BCUT2D eigenvalue weighted by atomic mass is 9.82. The smallest absolute Gasteiger partial charge is 0.220 e. The van der Waals surface area contributed by atoms with E-state index in [1.165, 1.54) is 0 Å². The Morgan fingerprint density at radius 3 is 2.17 bits per heavy atom. The van der Waals surface area contributed by atoms with Crippen LogP contribution in [0.1, 0.15) is 54.4 Å². The van der Waals surface area contributed by atoms with Crippen molar-refractivity contribution in [1.82, 2.24) is 5.32 Å². The Bertz CT molecular complexity index is 243. The molecular weight excluding hydrogens is 224 g/mol. The number of nitrogens with two attached hydrogens (primary N) is 1. The summed E-state index contributed by atoms with van der Waals surface area (Å²) in [6.07, 6.45) is 1.59. The number of rotatable bonds is 7. The highest BCUT2D eigenvalue weighted by Gasteiger charge is 2.21. The zero-order chi connectivity index (χ0) is 14.3. The fourth-order valence-corrected chi connectivity index (χ4v) is 1.84. The molecule has 2 atom stereocenters. The van der Waals surface area contributed by atoms with Crippen molar-refractivity contribution < 1.29 is 4.79 Å². The molecule has 0 spiro atoms. The van der Waals surface area contributed by atoms with Gasteiger partial charge < -0.3 is 11.1 Å². The van der Waals surface area contributed by atoms with Crippen LogP contribution in [0.25, 0.3) is 0 Å². The number of carbonyl (C=O) groups excluding carboxylic acids is 1. The second kappa shape index (κ2) is 7.78. The average molecular weight is 256 g/mol. The van der Waals surface area contributed by atoms with Gasteiger partial charge in [0.1, 0.15) is 0 Å². The first-order valence-electron chi connectivity index (χ1n) is 7.13. The molecule has 0 aliphatic carbocycles. The van der Waals surface area contributed by atoms with Gasteiger partial charge in [-0.15, -0.1) is 0 Å². The van der Waals surface area contributed by atoms with Crippen LogP contribution in [-0.4, -0.2) is 19.0 Å². The maximum Gasteiger partial charge on any atom is 0.220 e. The van der Waals surface area contributed by atoms with Crippen molar-refractivity contribution in [2.75, 3.05) is 13.1 Å². The summed E-state index contributed by atoms with van der Waals surface area (Å²) < 4.78 is 0. The van der Waals surface area contributed by atoms with E-state index >= 15 is 0 Å². The van der Waals surface area contributed by atoms with E-state index in [4.69, 9.17) is 5.73 Å². The molecule has 3 heteroatoms. The van der Waals surface area contributed by atoms with E-state index in [2.05, 4.69) is 46.9 Å². The van der Waals surface area contributed by atoms with Crippen molar-refractivity contribution in [2.45, 2.75) is 54.4 Å². The molecule has 0 aliphatic rings. The summed E-state index contributed by atoms with van der Waals surface area (Å²) in [5, 5.41) is 3.03. The van der Waals surface area contributed by atoms with Crippen LogP contribution in [0.3, 0.4) is 0 Å². The molecule has 0 bridgehead atoms. The Morgan fingerprint density at radius 2 is 1.78 bits per heavy atom. The zero-order valence-corrected chi connectivity index (χ0v) is 13.0. The van der Waals surface area contributed by atoms with Crippen molar-refractivity contribution in [1.29, 1.82) is 0 Å². The van der Waals surface area contributed by atoms with Crippen LogP contribution in [0.4, 0.5) is 0 Å². The fourth-order valence-electron chi connectivity index (χ4n) is 1.84. The standard InChI is InChI=1S/C15H32N2O/c1-11(2)7-13(9-16)8-14(18)17-10-12(3)15(4,5)6/h11-13H,7-10,16H2,1-6H3,(H,17,18). The van der Waals surface area contributed by atoms with Crippen LogP contribution in [0.15, 0.2) is 0 Å². The Balaban J connectivity index is 4.03. The minimum Gasteiger partial charge on any atom is -0.356 e. The van der Waals surface area contributed by atoms with Gasteiger partial charge in [-0.2, -0.15) is 0 Å². The highest BCUT2D eigenvalue weighted by molar-refractivity contribution is 5.76. The van der Waals surface area contributed by atoms with Crippen LogP contribution >= 0.6 is 0 Å². The van der Waals surface area contributed by atoms with E-state index in [0.29, 0.717) is 30.7 Å². The molecule has 0 aromatic rings. The zero-order valence-electron chi connectivity index (χ0n) is 13.0. The third kappa shape index (κ3) is 7.70. The van der Waals surface area contributed by atoms with Gasteiger partial charge in [0, 0.05) is 13.0 Å². The van der Waals surface area contributed by atoms with Crippen LogP contribution in [-0.2, 0) is 4.79 Å². The Morgan fingerprint density at radius 1 is 1.22 bits per heavy atom. The lowest BCUT2D eigenvalue weighted by Gasteiger charge is -2.27. The minimum atomic E-state index is 0.141. The van der Waals surface area contributed by atoms with Gasteiger partial charge in [-0.25, -0.2) is 0 Å². The summed E-state index contributed by atoms with van der Waals surface area (Å²) in [6, 6.07) is 0. The number of carbonyl (C=O) groups is 1. The highest BCUT2D eigenvalue weighted by Crippen LogP contribution is 2.24. The van der Waals surface area contributed by atoms with Crippen molar-refractivity contribution >= 4 is 5.91 Å². The van der Waals surface area contributed by atoms with E-state index in [9.17, 15) is 4.79 Å². The first-order valence-corrected chi connectivity index (χ1v) is 7.13. The van der Waals surface area contributed by atoms with Gasteiger partial charge in [0.15, 0.2) is 0 Å². The van der Waals surface area contributed by atoms with Crippen molar-refractivity contribution in [3.63, 3.8) is 0 Å². The van der Waals surface area contributed by atoms with E-state index in [0.717, 1.165) is 13.0 Å². The molecule has 0 radical (unpaired) electrons. The van der Waals surface area contributed by atoms with Crippen LogP contribution in [0, 0.1) is 23.2 Å². The average Bonchev–Trinajstić information content (AvgIpc) is 2.22. The SMILES string of the molecule is CC(C)CC(CN)CC(=O)NCC(C)C(C)(C)C. The second-order valence-electron chi connectivity index (χ2n) is 7.01. The van der Waals surface area contributed by atoms with Gasteiger partial charge in [-0.3, -0.25) is 4.79 Å². The monoisotopic (exact) mass is 256 g/mol. The summed E-state index contributed by atoms with van der Waals surface area (Å²) in [5.41, 5.74) is 5.95. The maximum absolute atomic E-state index is 11.9. The van der Waals surface area contributed by atoms with Gasteiger partial charge >= 0.3 is 0 Å². The van der Waals surface area contributed by atoms with E-state index < -0.39 is 0 Å².